The summed E-state index contributed by atoms with van der Waals surface area (Å²) < 4.78 is 10.3. The van der Waals surface area contributed by atoms with Gasteiger partial charge in [0, 0.05) is 0 Å². The summed E-state index contributed by atoms with van der Waals surface area (Å²) in [6.07, 6.45) is 2.36. The van der Waals surface area contributed by atoms with Crippen molar-refractivity contribution in [3.63, 3.8) is 0 Å². The Bertz CT molecular complexity index is 900. The average molecular weight is 370 g/mol. The number of carbonyl (C=O) groups is 2. The molecule has 5 nitrogen and oxygen atoms in total. The van der Waals surface area contributed by atoms with Crippen molar-refractivity contribution in [2.75, 3.05) is 6.61 Å². The molecule has 0 N–H and O–H groups in total. The summed E-state index contributed by atoms with van der Waals surface area (Å²) in [5.74, 6) is -0.747. The quantitative estimate of drug-likeness (QED) is 0.583. The molecule has 0 spiro atoms. The summed E-state index contributed by atoms with van der Waals surface area (Å²) >= 11 is 6.11. The zero-order chi connectivity index (χ0) is 18.5. The van der Waals surface area contributed by atoms with Crippen LogP contribution in [0.15, 0.2) is 59.2 Å². The van der Waals surface area contributed by atoms with Gasteiger partial charge in [-0.25, -0.2) is 14.6 Å². The molecule has 0 atom stereocenters. The van der Waals surface area contributed by atoms with Crippen LogP contribution < -0.4 is 0 Å². The van der Waals surface area contributed by atoms with Crippen molar-refractivity contribution in [2.24, 2.45) is 4.99 Å². The van der Waals surface area contributed by atoms with Crippen molar-refractivity contribution in [1.82, 2.24) is 0 Å². The number of halogens is 1. The van der Waals surface area contributed by atoms with Gasteiger partial charge < -0.3 is 9.47 Å². The van der Waals surface area contributed by atoms with Crippen molar-refractivity contribution in [2.45, 2.75) is 13.3 Å². The van der Waals surface area contributed by atoms with E-state index in [9.17, 15) is 9.59 Å². The van der Waals surface area contributed by atoms with E-state index in [0.29, 0.717) is 28.3 Å². The molecule has 0 radical (unpaired) electrons. The van der Waals surface area contributed by atoms with E-state index in [1.807, 2.05) is 6.92 Å². The van der Waals surface area contributed by atoms with E-state index in [0.717, 1.165) is 6.42 Å². The van der Waals surface area contributed by atoms with Crippen LogP contribution >= 0.6 is 11.6 Å². The van der Waals surface area contributed by atoms with Crippen LogP contribution in [-0.4, -0.2) is 24.4 Å². The lowest BCUT2D eigenvalue weighted by atomic mass is 10.1. The summed E-state index contributed by atoms with van der Waals surface area (Å²) in [4.78, 5) is 28.1. The molecule has 1 aliphatic rings. The number of hydrogen-bond acceptors (Lipinski definition) is 5. The molecule has 0 fully saturated rings. The third-order valence-electron chi connectivity index (χ3n) is 3.61. The fourth-order valence-corrected chi connectivity index (χ4v) is 2.53. The van der Waals surface area contributed by atoms with Crippen molar-refractivity contribution in [3.05, 3.63) is 75.9 Å². The second-order valence-corrected chi connectivity index (χ2v) is 5.98. The second-order valence-electron chi connectivity index (χ2n) is 5.57. The molecule has 0 saturated heterocycles. The van der Waals surface area contributed by atoms with Crippen molar-refractivity contribution < 1.29 is 19.1 Å². The zero-order valence-electron chi connectivity index (χ0n) is 14.1. The second kappa shape index (κ2) is 7.97. The predicted molar refractivity (Wildman–Crippen MR) is 99.1 cm³/mol. The summed E-state index contributed by atoms with van der Waals surface area (Å²) in [5.41, 5.74) is 1.89. The molecule has 2 aromatic rings. The highest BCUT2D eigenvalue weighted by molar-refractivity contribution is 6.34. The van der Waals surface area contributed by atoms with Gasteiger partial charge in [0.05, 0.1) is 22.8 Å². The van der Waals surface area contributed by atoms with Gasteiger partial charge in [0.2, 0.25) is 5.90 Å². The molecule has 0 aromatic heterocycles. The minimum Gasteiger partial charge on any atom is -0.462 e. The minimum absolute atomic E-state index is 0.168. The molecule has 0 saturated carbocycles. The Morgan fingerprint density at radius 1 is 1.19 bits per heavy atom. The fraction of sp³-hybridized carbons (Fsp3) is 0.150. The van der Waals surface area contributed by atoms with Gasteiger partial charge in [0.15, 0.2) is 5.70 Å². The van der Waals surface area contributed by atoms with Crippen LogP contribution in [-0.2, 0) is 14.3 Å². The zero-order valence-corrected chi connectivity index (χ0v) is 14.8. The van der Waals surface area contributed by atoms with Crippen molar-refractivity contribution in [3.8, 4) is 0 Å². The molecule has 0 aliphatic carbocycles. The predicted octanol–water partition coefficient (Wildman–Crippen LogP) is 4.25. The van der Waals surface area contributed by atoms with E-state index < -0.39 is 5.97 Å². The maximum Gasteiger partial charge on any atom is 0.363 e. The third-order valence-corrected chi connectivity index (χ3v) is 3.94. The van der Waals surface area contributed by atoms with E-state index in [4.69, 9.17) is 21.1 Å². The SMILES string of the molecule is CCCOC(=O)c1ccc(C=C2N=C(c3ccccc3Cl)OC2=O)cc1. The summed E-state index contributed by atoms with van der Waals surface area (Å²) in [5, 5.41) is 0.454. The molecule has 6 heteroatoms. The van der Waals surface area contributed by atoms with E-state index in [1.54, 1.807) is 54.6 Å². The number of rotatable bonds is 5. The van der Waals surface area contributed by atoms with Crippen LogP contribution in [0.25, 0.3) is 6.08 Å². The Kier molecular flexibility index (Phi) is 5.49. The van der Waals surface area contributed by atoms with Crippen LogP contribution in [0, 0.1) is 0 Å². The fourth-order valence-electron chi connectivity index (χ4n) is 2.31. The number of cyclic esters (lactones) is 1. The number of esters is 2. The van der Waals surface area contributed by atoms with Crippen LogP contribution in [0.5, 0.6) is 0 Å². The Balaban J connectivity index is 1.80. The number of benzene rings is 2. The van der Waals surface area contributed by atoms with Crippen LogP contribution in [0.4, 0.5) is 0 Å². The number of hydrogen-bond donors (Lipinski definition) is 0. The van der Waals surface area contributed by atoms with Crippen LogP contribution in [0.1, 0.15) is 34.8 Å². The van der Waals surface area contributed by atoms with E-state index in [2.05, 4.69) is 4.99 Å². The smallest absolute Gasteiger partial charge is 0.363 e. The molecule has 132 valence electrons. The monoisotopic (exact) mass is 369 g/mol. The molecule has 3 rings (SSSR count). The highest BCUT2D eigenvalue weighted by Crippen LogP contribution is 2.23. The minimum atomic E-state index is -0.550. The number of carbonyl (C=O) groups excluding carboxylic acids is 2. The van der Waals surface area contributed by atoms with Gasteiger partial charge in [-0.1, -0.05) is 42.8 Å². The van der Waals surface area contributed by atoms with Gasteiger partial charge in [-0.15, -0.1) is 0 Å². The molecule has 0 amide bonds. The first kappa shape index (κ1) is 17.9. The lowest BCUT2D eigenvalue weighted by molar-refractivity contribution is -0.129. The Morgan fingerprint density at radius 2 is 1.92 bits per heavy atom. The number of ether oxygens (including phenoxy) is 2. The third kappa shape index (κ3) is 4.00. The maximum atomic E-state index is 12.0. The number of nitrogens with zero attached hydrogens (tertiary/aromatic N) is 1. The molecule has 2 aromatic carbocycles. The first-order valence-corrected chi connectivity index (χ1v) is 8.51. The van der Waals surface area contributed by atoms with Gasteiger partial charge >= 0.3 is 11.9 Å². The summed E-state index contributed by atoms with van der Waals surface area (Å²) in [6.45, 7) is 2.32. The van der Waals surface area contributed by atoms with Gasteiger partial charge in [-0.2, -0.15) is 0 Å². The molecule has 1 aliphatic heterocycles. The lowest BCUT2D eigenvalue weighted by Gasteiger charge is -2.03. The lowest BCUT2D eigenvalue weighted by Crippen LogP contribution is -2.06. The first-order chi connectivity index (χ1) is 12.6. The number of aliphatic imine (C=N–C) groups is 1. The maximum absolute atomic E-state index is 12.0. The topological polar surface area (TPSA) is 65.0 Å². The molecule has 0 bridgehead atoms. The Labute approximate surface area is 155 Å². The summed E-state index contributed by atoms with van der Waals surface area (Å²) in [6, 6.07) is 13.7. The van der Waals surface area contributed by atoms with Crippen LogP contribution in [0.3, 0.4) is 0 Å². The van der Waals surface area contributed by atoms with E-state index in [-0.39, 0.29) is 17.6 Å². The van der Waals surface area contributed by atoms with Gasteiger partial charge in [0.25, 0.3) is 0 Å². The molecular formula is C20H16ClNO4. The molecular weight excluding hydrogens is 354 g/mol. The van der Waals surface area contributed by atoms with E-state index >= 15 is 0 Å². The molecule has 1 heterocycles. The highest BCUT2D eigenvalue weighted by atomic mass is 35.5. The molecule has 26 heavy (non-hydrogen) atoms. The van der Waals surface area contributed by atoms with Crippen LogP contribution in [0.2, 0.25) is 5.02 Å². The Hall–Kier alpha value is -2.92. The van der Waals surface area contributed by atoms with Gasteiger partial charge in [-0.05, 0) is 42.3 Å². The van der Waals surface area contributed by atoms with Crippen molar-refractivity contribution >= 4 is 35.5 Å². The normalized spacial score (nSPS) is 14.9. The van der Waals surface area contributed by atoms with Gasteiger partial charge in [0.1, 0.15) is 0 Å². The Morgan fingerprint density at radius 3 is 2.62 bits per heavy atom. The largest absolute Gasteiger partial charge is 0.462 e. The van der Waals surface area contributed by atoms with Crippen molar-refractivity contribution in [1.29, 1.82) is 0 Å². The molecule has 0 unspecified atom stereocenters. The van der Waals surface area contributed by atoms with E-state index in [1.165, 1.54) is 0 Å². The van der Waals surface area contributed by atoms with Gasteiger partial charge in [-0.3, -0.25) is 0 Å². The standard InChI is InChI=1S/C20H16ClNO4/c1-2-11-25-19(23)14-9-7-13(8-10-14)12-17-20(24)26-18(22-17)15-5-3-4-6-16(15)21/h3-10,12H,2,11H2,1H3. The highest BCUT2D eigenvalue weighted by Gasteiger charge is 2.25. The first-order valence-electron chi connectivity index (χ1n) is 8.13. The summed E-state index contributed by atoms with van der Waals surface area (Å²) in [7, 11) is 0. The average Bonchev–Trinajstić information content (AvgIpc) is 3.01.